The standard InChI is InChI=1S/C32H27F9O/c1-2-3-4-5-24(33)30(38)20-8-6-18(7-9-20)19-10-12-22(13-11-19)32(40,41)42-23-16-25(34)29(26(35)17-23)21-14-27(36)31(39)28(37)15-21/h4-9,14-17,19,22H,2-3,10-13H2,1H3. The average molecular weight is 599 g/mol. The molecular weight excluding hydrogens is 571 g/mol. The van der Waals surface area contributed by atoms with Crippen LogP contribution in [0.1, 0.15) is 62.5 Å². The molecule has 0 aromatic heterocycles. The zero-order valence-corrected chi connectivity index (χ0v) is 22.5. The Bertz CT molecular complexity index is 1420. The van der Waals surface area contributed by atoms with Gasteiger partial charge in [0.25, 0.3) is 0 Å². The summed E-state index contributed by atoms with van der Waals surface area (Å²) in [6.45, 7) is 1.91. The molecule has 0 atom stereocenters. The summed E-state index contributed by atoms with van der Waals surface area (Å²) >= 11 is 0. The molecule has 1 aliphatic rings. The quantitative estimate of drug-likeness (QED) is 0.135. The maximum absolute atomic E-state index is 15.0. The molecule has 0 heterocycles. The number of unbranched alkanes of at least 4 members (excludes halogenated alkanes) is 1. The van der Waals surface area contributed by atoms with Crippen molar-refractivity contribution in [3.05, 3.63) is 107 Å². The first-order chi connectivity index (χ1) is 19.9. The Labute approximate surface area is 237 Å². The van der Waals surface area contributed by atoms with E-state index in [1.165, 1.54) is 12.1 Å². The lowest BCUT2D eigenvalue weighted by Crippen LogP contribution is -2.37. The first-order valence-corrected chi connectivity index (χ1v) is 13.4. The molecule has 224 valence electrons. The summed E-state index contributed by atoms with van der Waals surface area (Å²) in [5, 5.41) is 0. The highest BCUT2D eigenvalue weighted by Crippen LogP contribution is 2.44. The molecule has 42 heavy (non-hydrogen) atoms. The summed E-state index contributed by atoms with van der Waals surface area (Å²) in [7, 11) is 0. The van der Waals surface area contributed by atoms with Crippen LogP contribution in [0.15, 0.2) is 66.5 Å². The maximum atomic E-state index is 15.0. The summed E-state index contributed by atoms with van der Waals surface area (Å²) in [4.78, 5) is 0. The maximum Gasteiger partial charge on any atom is 0.400 e. The molecule has 0 N–H and O–H groups in total. The molecule has 0 unspecified atom stereocenters. The molecule has 1 aliphatic carbocycles. The molecule has 0 amide bonds. The van der Waals surface area contributed by atoms with Crippen molar-refractivity contribution in [2.75, 3.05) is 0 Å². The number of benzene rings is 3. The van der Waals surface area contributed by atoms with Crippen LogP contribution in [-0.2, 0) is 0 Å². The van der Waals surface area contributed by atoms with Crippen molar-refractivity contribution in [1.82, 2.24) is 0 Å². The number of rotatable bonds is 9. The van der Waals surface area contributed by atoms with Crippen LogP contribution in [0.2, 0.25) is 0 Å². The molecule has 0 radical (unpaired) electrons. The molecule has 3 aromatic carbocycles. The van der Waals surface area contributed by atoms with Gasteiger partial charge in [-0.2, -0.15) is 8.78 Å². The Balaban J connectivity index is 1.41. The topological polar surface area (TPSA) is 9.23 Å². The van der Waals surface area contributed by atoms with E-state index in [2.05, 4.69) is 0 Å². The number of allylic oxidation sites excluding steroid dienone is 3. The van der Waals surface area contributed by atoms with Crippen molar-refractivity contribution in [3.63, 3.8) is 0 Å². The Hall–Kier alpha value is -3.69. The summed E-state index contributed by atoms with van der Waals surface area (Å²) in [5.41, 5.74) is -0.740. The van der Waals surface area contributed by atoms with Crippen molar-refractivity contribution in [1.29, 1.82) is 0 Å². The summed E-state index contributed by atoms with van der Waals surface area (Å²) < 4.78 is 133. The van der Waals surface area contributed by atoms with Gasteiger partial charge < -0.3 is 4.74 Å². The van der Waals surface area contributed by atoms with Gasteiger partial charge in [-0.05, 0) is 67.4 Å². The van der Waals surface area contributed by atoms with E-state index in [0.29, 0.717) is 43.5 Å². The molecule has 1 nitrogen and oxygen atoms in total. The van der Waals surface area contributed by atoms with E-state index in [1.807, 2.05) is 6.92 Å². The first kappa shape index (κ1) is 31.3. The summed E-state index contributed by atoms with van der Waals surface area (Å²) in [5.74, 6) is -12.2. The predicted molar refractivity (Wildman–Crippen MR) is 142 cm³/mol. The normalized spacial score (nSPS) is 18.3. The van der Waals surface area contributed by atoms with Crippen LogP contribution in [0.25, 0.3) is 17.0 Å². The smallest absolute Gasteiger partial charge is 0.400 e. The fourth-order valence-corrected chi connectivity index (χ4v) is 5.05. The minimum absolute atomic E-state index is 0.0156. The number of ether oxygens (including phenoxy) is 1. The lowest BCUT2D eigenvalue weighted by atomic mass is 9.78. The van der Waals surface area contributed by atoms with E-state index < -0.39 is 69.6 Å². The highest BCUT2D eigenvalue weighted by molar-refractivity contribution is 5.66. The van der Waals surface area contributed by atoms with Gasteiger partial charge in [-0.3, -0.25) is 0 Å². The first-order valence-electron chi connectivity index (χ1n) is 13.4. The molecule has 4 rings (SSSR count). The molecule has 0 saturated heterocycles. The van der Waals surface area contributed by atoms with Crippen LogP contribution in [0, 0.1) is 35.0 Å². The molecule has 10 heteroatoms. The van der Waals surface area contributed by atoms with Crippen molar-refractivity contribution in [3.8, 4) is 16.9 Å². The fraction of sp³-hybridized carbons (Fsp3) is 0.312. The van der Waals surface area contributed by atoms with E-state index in [1.54, 1.807) is 18.2 Å². The second-order valence-electron chi connectivity index (χ2n) is 10.2. The lowest BCUT2D eigenvalue weighted by Gasteiger charge is -2.33. The summed E-state index contributed by atoms with van der Waals surface area (Å²) in [6.07, 6.45) is 0.953. The Morgan fingerprint density at radius 1 is 0.833 bits per heavy atom. The second-order valence-corrected chi connectivity index (χ2v) is 10.2. The van der Waals surface area contributed by atoms with Crippen LogP contribution in [0.5, 0.6) is 5.75 Å². The van der Waals surface area contributed by atoms with E-state index in [4.69, 9.17) is 4.74 Å². The zero-order valence-electron chi connectivity index (χ0n) is 22.5. The van der Waals surface area contributed by atoms with Crippen molar-refractivity contribution in [2.24, 2.45) is 5.92 Å². The monoisotopic (exact) mass is 598 g/mol. The van der Waals surface area contributed by atoms with Crippen LogP contribution >= 0.6 is 0 Å². The van der Waals surface area contributed by atoms with E-state index in [-0.39, 0.29) is 24.3 Å². The predicted octanol–water partition coefficient (Wildman–Crippen LogP) is 11.0. The van der Waals surface area contributed by atoms with Gasteiger partial charge in [0.2, 0.25) is 0 Å². The number of hydrogen-bond acceptors (Lipinski definition) is 1. The molecule has 0 spiro atoms. The van der Waals surface area contributed by atoms with Gasteiger partial charge in [-0.1, -0.05) is 43.7 Å². The number of halogens is 9. The molecule has 0 bridgehead atoms. The molecular formula is C32H27F9O. The van der Waals surface area contributed by atoms with Gasteiger partial charge in [0, 0.05) is 17.7 Å². The van der Waals surface area contributed by atoms with E-state index >= 15 is 0 Å². The Morgan fingerprint density at radius 3 is 1.95 bits per heavy atom. The fourth-order valence-electron chi connectivity index (χ4n) is 5.05. The van der Waals surface area contributed by atoms with Gasteiger partial charge in [-0.15, -0.1) is 0 Å². The Kier molecular flexibility index (Phi) is 9.74. The minimum atomic E-state index is -3.79. The molecule has 0 aliphatic heterocycles. The largest absolute Gasteiger partial charge is 0.432 e. The second kappa shape index (κ2) is 13.1. The molecule has 1 saturated carbocycles. The van der Waals surface area contributed by atoms with Crippen molar-refractivity contribution in [2.45, 2.75) is 57.5 Å². The van der Waals surface area contributed by atoms with Crippen LogP contribution < -0.4 is 4.74 Å². The van der Waals surface area contributed by atoms with Gasteiger partial charge in [0.15, 0.2) is 29.1 Å². The highest BCUT2D eigenvalue weighted by Gasteiger charge is 2.44. The van der Waals surface area contributed by atoms with Gasteiger partial charge in [0.05, 0.1) is 11.5 Å². The van der Waals surface area contributed by atoms with E-state index in [9.17, 15) is 39.5 Å². The zero-order chi connectivity index (χ0) is 30.6. The van der Waals surface area contributed by atoms with Gasteiger partial charge in [-0.25, -0.2) is 30.7 Å². The molecule has 1 fully saturated rings. The third kappa shape index (κ3) is 7.02. The third-order valence-corrected chi connectivity index (χ3v) is 7.31. The highest BCUT2D eigenvalue weighted by atomic mass is 19.3. The number of alkyl halides is 2. The van der Waals surface area contributed by atoms with Gasteiger partial charge >= 0.3 is 6.11 Å². The third-order valence-electron chi connectivity index (χ3n) is 7.31. The van der Waals surface area contributed by atoms with Crippen molar-refractivity contribution < 1.29 is 44.3 Å². The minimum Gasteiger partial charge on any atom is -0.432 e. The Morgan fingerprint density at radius 2 is 1.40 bits per heavy atom. The van der Waals surface area contributed by atoms with Crippen LogP contribution in [0.3, 0.4) is 0 Å². The van der Waals surface area contributed by atoms with Crippen molar-refractivity contribution >= 4 is 5.83 Å². The number of hydrogen-bond donors (Lipinski definition) is 0. The average Bonchev–Trinajstić information content (AvgIpc) is 2.95. The van der Waals surface area contributed by atoms with Crippen LogP contribution in [0.4, 0.5) is 39.5 Å². The SMILES string of the molecule is CCCC=CC(F)=C(F)c1ccc(C2CCC(C(F)(F)Oc3cc(F)c(-c4cc(F)c(F)c(F)c4)c(F)c3)CC2)cc1. The lowest BCUT2D eigenvalue weighted by molar-refractivity contribution is -0.222. The van der Waals surface area contributed by atoms with Gasteiger partial charge in [0.1, 0.15) is 17.4 Å². The van der Waals surface area contributed by atoms with Crippen LogP contribution in [-0.4, -0.2) is 6.11 Å². The molecule has 3 aromatic rings. The van der Waals surface area contributed by atoms with E-state index in [0.717, 1.165) is 18.1 Å². The summed E-state index contributed by atoms with van der Waals surface area (Å²) in [6, 6.07) is 7.83.